The minimum absolute atomic E-state index is 0.0159. The van der Waals surface area contributed by atoms with E-state index in [1.54, 1.807) is 0 Å². The molecule has 3 rings (SSSR count). The van der Waals surface area contributed by atoms with Crippen LogP contribution < -0.4 is 9.47 Å². The molecule has 1 atom stereocenters. The molecule has 0 radical (unpaired) electrons. The van der Waals surface area contributed by atoms with E-state index < -0.39 is 32.7 Å². The predicted octanol–water partition coefficient (Wildman–Crippen LogP) is 1.61. The third-order valence-electron chi connectivity index (χ3n) is 3.72. The minimum atomic E-state index is -4.16. The monoisotopic (exact) mass is 371 g/mol. The number of benzene rings is 1. The average molecular weight is 371 g/mol. The van der Waals surface area contributed by atoms with E-state index in [1.807, 2.05) is 0 Å². The van der Waals surface area contributed by atoms with E-state index in [2.05, 4.69) is 9.97 Å². The fourth-order valence-electron chi connectivity index (χ4n) is 2.52. The molecule has 2 aromatic rings. The quantitative estimate of drug-likeness (QED) is 0.794. The molecule has 1 aromatic heterocycles. The largest absolute Gasteiger partial charge is 0.477 e. The normalized spacial score (nSPS) is 18.3. The lowest BCUT2D eigenvalue weighted by Gasteiger charge is -2.17. The standard InChI is InChI=1S/C15H15F2N3O4S/c1-23-14-15(19-6-5-18-14)24-11-4-7-20(9-11)25(21,22)13-8-10(16)2-3-12(13)17/h2-3,5-6,8,11H,4,7,9H2,1H3/t11-/m0/s1. The Kier molecular flexibility index (Phi) is 4.82. The Labute approximate surface area is 143 Å². The number of rotatable bonds is 5. The van der Waals surface area contributed by atoms with Gasteiger partial charge >= 0.3 is 0 Å². The van der Waals surface area contributed by atoms with Crippen molar-refractivity contribution in [1.29, 1.82) is 0 Å². The van der Waals surface area contributed by atoms with Crippen LogP contribution in [0.3, 0.4) is 0 Å². The highest BCUT2D eigenvalue weighted by atomic mass is 32.2. The highest BCUT2D eigenvalue weighted by Gasteiger charge is 2.36. The summed E-state index contributed by atoms with van der Waals surface area (Å²) in [5.41, 5.74) is 0. The number of methoxy groups -OCH3 is 1. The maximum atomic E-state index is 13.8. The number of hydrogen-bond acceptors (Lipinski definition) is 6. The molecule has 0 saturated carbocycles. The Hall–Kier alpha value is -2.33. The highest BCUT2D eigenvalue weighted by Crippen LogP contribution is 2.28. The second-order valence-electron chi connectivity index (χ2n) is 5.34. The smallest absolute Gasteiger partial charge is 0.278 e. The lowest BCUT2D eigenvalue weighted by atomic mass is 10.3. The molecule has 0 unspecified atom stereocenters. The minimum Gasteiger partial charge on any atom is -0.477 e. The molecule has 0 amide bonds. The third kappa shape index (κ3) is 3.54. The molecule has 25 heavy (non-hydrogen) atoms. The Balaban J connectivity index is 1.77. The van der Waals surface area contributed by atoms with Crippen molar-refractivity contribution < 1.29 is 26.7 Å². The van der Waals surface area contributed by atoms with E-state index >= 15 is 0 Å². The molecule has 0 aliphatic carbocycles. The highest BCUT2D eigenvalue weighted by molar-refractivity contribution is 7.89. The van der Waals surface area contributed by atoms with Crippen LogP contribution >= 0.6 is 0 Å². The molecule has 0 bridgehead atoms. The van der Waals surface area contributed by atoms with Gasteiger partial charge in [0.1, 0.15) is 22.6 Å². The molecule has 1 aliphatic rings. The van der Waals surface area contributed by atoms with Crippen LogP contribution in [0, 0.1) is 11.6 Å². The number of hydrogen-bond donors (Lipinski definition) is 0. The van der Waals surface area contributed by atoms with E-state index in [4.69, 9.17) is 9.47 Å². The summed E-state index contributed by atoms with van der Waals surface area (Å²) in [5, 5.41) is 0. The molecule has 0 N–H and O–H groups in total. The summed E-state index contributed by atoms with van der Waals surface area (Å²) in [7, 11) is -2.75. The van der Waals surface area contributed by atoms with Gasteiger partial charge in [0.2, 0.25) is 10.0 Å². The first kappa shape index (κ1) is 17.5. The summed E-state index contributed by atoms with van der Waals surface area (Å²) in [6, 6.07) is 2.33. The van der Waals surface area contributed by atoms with Gasteiger partial charge in [-0.15, -0.1) is 0 Å². The molecular weight excluding hydrogens is 356 g/mol. The first-order chi connectivity index (χ1) is 11.9. The van der Waals surface area contributed by atoms with Crippen molar-refractivity contribution in [3.05, 3.63) is 42.2 Å². The van der Waals surface area contributed by atoms with Crippen LogP contribution in [0.5, 0.6) is 11.8 Å². The van der Waals surface area contributed by atoms with Gasteiger partial charge in [0, 0.05) is 18.9 Å². The van der Waals surface area contributed by atoms with Gasteiger partial charge < -0.3 is 9.47 Å². The van der Waals surface area contributed by atoms with Gasteiger partial charge in [-0.1, -0.05) is 0 Å². The Morgan fingerprint density at radius 2 is 1.92 bits per heavy atom. The zero-order valence-corrected chi connectivity index (χ0v) is 14.0. The molecule has 134 valence electrons. The summed E-state index contributed by atoms with van der Waals surface area (Å²) < 4.78 is 63.9. The number of sulfonamides is 1. The maximum Gasteiger partial charge on any atom is 0.278 e. The summed E-state index contributed by atoms with van der Waals surface area (Å²) in [6.45, 7) is 0.101. The van der Waals surface area contributed by atoms with Gasteiger partial charge in [-0.3, -0.25) is 0 Å². The number of halogens is 2. The second kappa shape index (κ2) is 6.89. The number of nitrogens with zero attached hydrogens (tertiary/aromatic N) is 3. The van der Waals surface area contributed by atoms with Crippen molar-refractivity contribution in [2.24, 2.45) is 0 Å². The van der Waals surface area contributed by atoms with Crippen LogP contribution in [0.2, 0.25) is 0 Å². The van der Waals surface area contributed by atoms with E-state index in [9.17, 15) is 17.2 Å². The lowest BCUT2D eigenvalue weighted by Crippen LogP contribution is -2.31. The summed E-state index contributed by atoms with van der Waals surface area (Å²) in [5.74, 6) is -1.50. The summed E-state index contributed by atoms with van der Waals surface area (Å²) in [6.07, 6.45) is 2.72. The maximum absolute atomic E-state index is 13.8. The van der Waals surface area contributed by atoms with Crippen molar-refractivity contribution >= 4 is 10.0 Å². The molecular formula is C15H15F2N3O4S. The van der Waals surface area contributed by atoms with Gasteiger partial charge in [0.25, 0.3) is 11.8 Å². The fraction of sp³-hybridized carbons (Fsp3) is 0.333. The zero-order chi connectivity index (χ0) is 18.0. The van der Waals surface area contributed by atoms with Crippen LogP contribution in [-0.4, -0.2) is 49.0 Å². The van der Waals surface area contributed by atoms with E-state index in [1.165, 1.54) is 19.5 Å². The third-order valence-corrected chi connectivity index (χ3v) is 5.60. The van der Waals surface area contributed by atoms with Gasteiger partial charge in [0.05, 0.1) is 13.7 Å². The molecule has 1 aromatic carbocycles. The van der Waals surface area contributed by atoms with Crippen molar-refractivity contribution in [2.45, 2.75) is 17.4 Å². The summed E-state index contributed by atoms with van der Waals surface area (Å²) in [4.78, 5) is 7.25. The average Bonchev–Trinajstić information content (AvgIpc) is 3.07. The van der Waals surface area contributed by atoms with Crippen molar-refractivity contribution in [2.75, 3.05) is 20.2 Å². The molecule has 10 heteroatoms. The molecule has 1 fully saturated rings. The van der Waals surface area contributed by atoms with Crippen molar-refractivity contribution in [3.63, 3.8) is 0 Å². The topological polar surface area (TPSA) is 81.6 Å². The first-order valence-electron chi connectivity index (χ1n) is 7.38. The van der Waals surface area contributed by atoms with Gasteiger partial charge in [-0.05, 0) is 24.6 Å². The van der Waals surface area contributed by atoms with Crippen LogP contribution in [0.4, 0.5) is 8.78 Å². The molecule has 2 heterocycles. The van der Waals surface area contributed by atoms with E-state index in [0.717, 1.165) is 16.4 Å². The Morgan fingerprint density at radius 1 is 1.20 bits per heavy atom. The van der Waals surface area contributed by atoms with Gasteiger partial charge in [-0.2, -0.15) is 4.31 Å². The van der Waals surface area contributed by atoms with E-state index in [0.29, 0.717) is 12.5 Å². The van der Waals surface area contributed by atoms with Crippen LogP contribution in [0.1, 0.15) is 6.42 Å². The van der Waals surface area contributed by atoms with Crippen LogP contribution in [0.15, 0.2) is 35.5 Å². The molecule has 1 saturated heterocycles. The molecule has 0 spiro atoms. The predicted molar refractivity (Wildman–Crippen MR) is 82.7 cm³/mol. The number of aromatic nitrogens is 2. The first-order valence-corrected chi connectivity index (χ1v) is 8.82. The van der Waals surface area contributed by atoms with Crippen molar-refractivity contribution in [3.8, 4) is 11.8 Å². The fourth-order valence-corrected chi connectivity index (χ4v) is 4.08. The van der Waals surface area contributed by atoms with Crippen molar-refractivity contribution in [1.82, 2.24) is 14.3 Å². The zero-order valence-electron chi connectivity index (χ0n) is 13.2. The van der Waals surface area contributed by atoms with Crippen LogP contribution in [-0.2, 0) is 10.0 Å². The van der Waals surface area contributed by atoms with E-state index in [-0.39, 0.29) is 24.8 Å². The molecule has 7 nitrogen and oxygen atoms in total. The Bertz CT molecular complexity index is 879. The SMILES string of the molecule is COc1nccnc1O[C@H]1CCN(S(=O)(=O)c2cc(F)ccc2F)C1. The van der Waals surface area contributed by atoms with Crippen LogP contribution in [0.25, 0.3) is 0 Å². The Morgan fingerprint density at radius 3 is 2.64 bits per heavy atom. The lowest BCUT2D eigenvalue weighted by molar-refractivity contribution is 0.194. The number of ether oxygens (including phenoxy) is 2. The van der Waals surface area contributed by atoms with Gasteiger partial charge in [-0.25, -0.2) is 27.2 Å². The van der Waals surface area contributed by atoms with Gasteiger partial charge in [0.15, 0.2) is 0 Å². The molecule has 1 aliphatic heterocycles. The summed E-state index contributed by atoms with van der Waals surface area (Å²) >= 11 is 0. The second-order valence-corrected chi connectivity index (χ2v) is 7.24.